The van der Waals surface area contributed by atoms with E-state index in [4.69, 9.17) is 11.6 Å². The molecule has 0 amide bonds. The van der Waals surface area contributed by atoms with Gasteiger partial charge in [0.15, 0.2) is 5.82 Å². The summed E-state index contributed by atoms with van der Waals surface area (Å²) in [6.45, 7) is 0.454. The van der Waals surface area contributed by atoms with Crippen LogP contribution in [0.3, 0.4) is 0 Å². The number of halogens is 3. The van der Waals surface area contributed by atoms with E-state index in [9.17, 15) is 4.39 Å². The van der Waals surface area contributed by atoms with Crippen molar-refractivity contribution in [2.45, 2.75) is 6.54 Å². The molecule has 2 aromatic carbocycles. The average Bonchev–Trinajstić information content (AvgIpc) is 2.91. The zero-order valence-corrected chi connectivity index (χ0v) is 13.7. The van der Waals surface area contributed by atoms with Crippen LogP contribution in [0, 0.1) is 9.39 Å². The van der Waals surface area contributed by atoms with Crippen LogP contribution < -0.4 is 0 Å². The summed E-state index contributed by atoms with van der Waals surface area (Å²) in [6, 6.07) is 12.3. The highest BCUT2D eigenvalue weighted by Gasteiger charge is 2.07. The molecule has 0 atom stereocenters. The number of nitrogens with zero attached hydrogens (tertiary/aromatic N) is 3. The maximum absolute atomic E-state index is 13.0. The second-order valence-corrected chi connectivity index (χ2v) is 6.16. The first-order valence-electron chi connectivity index (χ1n) is 6.21. The van der Waals surface area contributed by atoms with E-state index in [0.29, 0.717) is 17.4 Å². The molecule has 3 nitrogen and oxygen atoms in total. The van der Waals surface area contributed by atoms with Gasteiger partial charge in [-0.15, -0.1) is 0 Å². The fourth-order valence-electron chi connectivity index (χ4n) is 1.96. The Morgan fingerprint density at radius 1 is 1.19 bits per heavy atom. The number of hydrogen-bond acceptors (Lipinski definition) is 2. The Morgan fingerprint density at radius 3 is 2.81 bits per heavy atom. The molecule has 3 rings (SSSR count). The molecule has 0 radical (unpaired) electrons. The third kappa shape index (κ3) is 3.41. The summed E-state index contributed by atoms with van der Waals surface area (Å²) in [7, 11) is 0. The predicted molar refractivity (Wildman–Crippen MR) is 88.7 cm³/mol. The molecule has 0 saturated carbocycles. The molecule has 6 heteroatoms. The summed E-state index contributed by atoms with van der Waals surface area (Å²) < 4.78 is 15.8. The maximum atomic E-state index is 13.0. The Hall–Kier alpha value is -1.47. The number of hydrogen-bond donors (Lipinski definition) is 0. The number of aromatic nitrogens is 3. The Balaban J connectivity index is 1.85. The van der Waals surface area contributed by atoms with Crippen molar-refractivity contribution in [1.29, 1.82) is 0 Å². The van der Waals surface area contributed by atoms with E-state index in [0.717, 1.165) is 14.7 Å². The second-order valence-electron chi connectivity index (χ2n) is 4.51. The van der Waals surface area contributed by atoms with Gasteiger partial charge in [0.2, 0.25) is 0 Å². The summed E-state index contributed by atoms with van der Waals surface area (Å²) in [5.74, 6) is 0.314. The van der Waals surface area contributed by atoms with Gasteiger partial charge in [0.1, 0.15) is 12.1 Å². The van der Waals surface area contributed by atoms with Gasteiger partial charge in [0.05, 0.1) is 6.54 Å². The zero-order valence-electron chi connectivity index (χ0n) is 10.8. The fraction of sp³-hybridized carbons (Fsp3) is 0.0667. The molecule has 0 aliphatic rings. The monoisotopic (exact) mass is 413 g/mol. The minimum atomic E-state index is -0.345. The van der Waals surface area contributed by atoms with E-state index in [1.54, 1.807) is 17.1 Å². The minimum absolute atomic E-state index is 0.345. The van der Waals surface area contributed by atoms with E-state index in [-0.39, 0.29) is 5.82 Å². The van der Waals surface area contributed by atoms with Crippen LogP contribution in [0.2, 0.25) is 5.02 Å². The molecule has 0 fully saturated rings. The molecule has 0 aliphatic heterocycles. The van der Waals surface area contributed by atoms with Gasteiger partial charge in [-0.3, -0.25) is 0 Å². The third-order valence-corrected chi connectivity index (χ3v) is 3.99. The van der Waals surface area contributed by atoms with Crippen LogP contribution in [0.4, 0.5) is 4.39 Å². The second kappa shape index (κ2) is 6.11. The molecular weight excluding hydrogens is 404 g/mol. The summed E-state index contributed by atoms with van der Waals surface area (Å²) >= 11 is 8.27. The van der Waals surface area contributed by atoms with Gasteiger partial charge < -0.3 is 0 Å². The molecule has 0 N–H and O–H groups in total. The zero-order chi connectivity index (χ0) is 14.8. The quantitative estimate of drug-likeness (QED) is 0.596. The lowest BCUT2D eigenvalue weighted by Crippen LogP contribution is -2.01. The van der Waals surface area contributed by atoms with Crippen molar-refractivity contribution >= 4 is 34.2 Å². The van der Waals surface area contributed by atoms with Crippen LogP contribution >= 0.6 is 34.2 Å². The minimum Gasteiger partial charge on any atom is -0.248 e. The lowest BCUT2D eigenvalue weighted by Gasteiger charge is -2.04. The molecule has 106 valence electrons. The largest absolute Gasteiger partial charge is 0.248 e. The van der Waals surface area contributed by atoms with Crippen LogP contribution in [0.5, 0.6) is 0 Å². The van der Waals surface area contributed by atoms with Gasteiger partial charge in [-0.1, -0.05) is 29.8 Å². The predicted octanol–water partition coefficient (Wildman–Crippen LogP) is 4.39. The molecule has 1 heterocycles. The van der Waals surface area contributed by atoms with Gasteiger partial charge in [-0.2, -0.15) is 5.10 Å². The van der Waals surface area contributed by atoms with Crippen LogP contribution in [-0.2, 0) is 6.54 Å². The van der Waals surface area contributed by atoms with E-state index in [1.807, 2.05) is 24.3 Å². The smallest absolute Gasteiger partial charge is 0.181 e. The van der Waals surface area contributed by atoms with E-state index in [2.05, 4.69) is 32.7 Å². The molecular formula is C15H10ClFIN3. The standard InChI is InChI=1S/C15H10ClFIN3/c16-14-7-12(17)5-4-11(14)8-21-9-19-15(20-21)10-2-1-3-13(18)6-10/h1-7,9H,8H2. The third-order valence-electron chi connectivity index (χ3n) is 2.97. The lowest BCUT2D eigenvalue weighted by atomic mass is 10.2. The highest BCUT2D eigenvalue weighted by Crippen LogP contribution is 2.20. The van der Waals surface area contributed by atoms with Crippen molar-refractivity contribution in [1.82, 2.24) is 14.8 Å². The Kier molecular flexibility index (Phi) is 4.21. The highest BCUT2D eigenvalue weighted by molar-refractivity contribution is 14.1. The first-order valence-corrected chi connectivity index (χ1v) is 7.67. The van der Waals surface area contributed by atoms with Crippen molar-refractivity contribution in [3.8, 4) is 11.4 Å². The van der Waals surface area contributed by atoms with E-state index >= 15 is 0 Å². The molecule has 0 unspecified atom stereocenters. The molecule has 0 saturated heterocycles. The molecule has 0 aliphatic carbocycles. The number of rotatable bonds is 3. The summed E-state index contributed by atoms with van der Waals surface area (Å²) in [6.07, 6.45) is 1.65. The van der Waals surface area contributed by atoms with Crippen LogP contribution in [0.15, 0.2) is 48.8 Å². The first-order chi connectivity index (χ1) is 10.1. The van der Waals surface area contributed by atoms with Crippen LogP contribution in [-0.4, -0.2) is 14.8 Å². The lowest BCUT2D eigenvalue weighted by molar-refractivity contribution is 0.624. The molecule has 1 aromatic heterocycles. The van der Waals surface area contributed by atoms with Gasteiger partial charge in [-0.05, 0) is 52.4 Å². The van der Waals surface area contributed by atoms with Crippen molar-refractivity contribution in [3.63, 3.8) is 0 Å². The molecule has 0 spiro atoms. The van der Waals surface area contributed by atoms with Gasteiger partial charge in [0.25, 0.3) is 0 Å². The molecule has 0 bridgehead atoms. The van der Waals surface area contributed by atoms with Gasteiger partial charge in [-0.25, -0.2) is 14.1 Å². The maximum Gasteiger partial charge on any atom is 0.181 e. The topological polar surface area (TPSA) is 30.7 Å². The summed E-state index contributed by atoms with van der Waals surface area (Å²) in [4.78, 5) is 4.30. The van der Waals surface area contributed by atoms with Crippen molar-refractivity contribution in [2.24, 2.45) is 0 Å². The highest BCUT2D eigenvalue weighted by atomic mass is 127. The Bertz CT molecular complexity index is 788. The van der Waals surface area contributed by atoms with Crippen molar-refractivity contribution < 1.29 is 4.39 Å². The fourth-order valence-corrected chi connectivity index (χ4v) is 2.73. The molecule has 3 aromatic rings. The van der Waals surface area contributed by atoms with Crippen LogP contribution in [0.25, 0.3) is 11.4 Å². The average molecular weight is 414 g/mol. The molecule has 21 heavy (non-hydrogen) atoms. The van der Waals surface area contributed by atoms with Crippen molar-refractivity contribution in [3.05, 3.63) is 68.8 Å². The van der Waals surface area contributed by atoms with E-state index in [1.165, 1.54) is 12.1 Å². The van der Waals surface area contributed by atoms with Crippen LogP contribution in [0.1, 0.15) is 5.56 Å². The number of benzene rings is 2. The first kappa shape index (κ1) is 14.5. The Morgan fingerprint density at radius 2 is 2.05 bits per heavy atom. The summed E-state index contributed by atoms with van der Waals surface area (Å²) in [5.41, 5.74) is 1.77. The SMILES string of the molecule is Fc1ccc(Cn2cnc(-c3cccc(I)c3)n2)c(Cl)c1. The van der Waals surface area contributed by atoms with Crippen molar-refractivity contribution in [2.75, 3.05) is 0 Å². The van der Waals surface area contributed by atoms with Gasteiger partial charge >= 0.3 is 0 Å². The summed E-state index contributed by atoms with van der Waals surface area (Å²) in [5, 5.41) is 4.82. The Labute approximate surface area is 139 Å². The normalized spacial score (nSPS) is 10.8. The van der Waals surface area contributed by atoms with E-state index < -0.39 is 0 Å². The van der Waals surface area contributed by atoms with Gasteiger partial charge in [0, 0.05) is 14.2 Å².